The summed E-state index contributed by atoms with van der Waals surface area (Å²) in [6.07, 6.45) is -0.633. The van der Waals surface area contributed by atoms with E-state index in [2.05, 4.69) is 32.6 Å². The Labute approximate surface area is 109 Å². The summed E-state index contributed by atoms with van der Waals surface area (Å²) >= 11 is 0. The highest BCUT2D eigenvalue weighted by Gasteiger charge is 2.17. The molecule has 1 aromatic rings. The normalized spacial score (nSPS) is 13.2. The summed E-state index contributed by atoms with van der Waals surface area (Å²) in [5.41, 5.74) is 1.23. The molecule has 2 nitrogen and oxygen atoms in total. The molecule has 0 radical (unpaired) electrons. The fourth-order valence-electron chi connectivity index (χ4n) is 2.00. The lowest BCUT2D eigenvalue weighted by atomic mass is 10.1. The van der Waals surface area contributed by atoms with Crippen LogP contribution in [0.2, 0.25) is 0 Å². The van der Waals surface area contributed by atoms with E-state index in [1.54, 1.807) is 19.1 Å². The Morgan fingerprint density at radius 3 is 2.17 bits per heavy atom. The lowest BCUT2D eigenvalue weighted by Crippen LogP contribution is -2.34. The molecule has 1 rings (SSSR count). The van der Waals surface area contributed by atoms with Gasteiger partial charge in [-0.05, 0) is 44.4 Å². The number of aliphatic hydroxyl groups is 1. The summed E-state index contributed by atoms with van der Waals surface area (Å²) in [5, 5.41) is 9.45. The van der Waals surface area contributed by atoms with E-state index in [-0.39, 0.29) is 11.9 Å². The molecule has 0 saturated heterocycles. The summed E-state index contributed by atoms with van der Waals surface area (Å²) < 4.78 is 14.1. The second-order valence-corrected chi connectivity index (χ2v) is 5.53. The largest absolute Gasteiger partial charge is 0.389 e. The second kappa shape index (κ2) is 6.19. The Hall–Kier alpha value is -1.09. The van der Waals surface area contributed by atoms with Gasteiger partial charge >= 0.3 is 0 Å². The van der Waals surface area contributed by atoms with Gasteiger partial charge < -0.3 is 10.0 Å². The van der Waals surface area contributed by atoms with Crippen LogP contribution in [0, 0.1) is 11.7 Å². The number of rotatable bonds is 5. The first kappa shape index (κ1) is 15.0. The van der Waals surface area contributed by atoms with Gasteiger partial charge in [0.1, 0.15) is 5.82 Å². The summed E-state index contributed by atoms with van der Waals surface area (Å²) in [5.74, 6) is 0.214. The van der Waals surface area contributed by atoms with Crippen molar-refractivity contribution in [3.8, 4) is 0 Å². The molecule has 0 bridgehead atoms. The minimum Gasteiger partial charge on any atom is -0.389 e. The van der Waals surface area contributed by atoms with Crippen LogP contribution >= 0.6 is 0 Å². The molecule has 0 spiro atoms. The maximum absolute atomic E-state index is 14.1. The molecule has 0 aliphatic rings. The van der Waals surface area contributed by atoms with Gasteiger partial charge in [0.2, 0.25) is 0 Å². The van der Waals surface area contributed by atoms with Crippen molar-refractivity contribution in [2.45, 2.75) is 46.8 Å². The van der Waals surface area contributed by atoms with Crippen molar-refractivity contribution in [1.82, 2.24) is 0 Å². The van der Waals surface area contributed by atoms with Crippen LogP contribution in [-0.2, 0) is 0 Å². The average Bonchev–Trinajstić information content (AvgIpc) is 2.25. The predicted octanol–water partition coefficient (Wildman–Crippen LogP) is 3.75. The van der Waals surface area contributed by atoms with Crippen LogP contribution in [0.25, 0.3) is 0 Å². The van der Waals surface area contributed by atoms with Gasteiger partial charge in [0.05, 0.1) is 11.8 Å². The van der Waals surface area contributed by atoms with E-state index in [9.17, 15) is 9.50 Å². The van der Waals surface area contributed by atoms with E-state index in [4.69, 9.17) is 0 Å². The number of hydrogen-bond donors (Lipinski definition) is 1. The molecule has 0 saturated carbocycles. The Bertz CT molecular complexity index is 388. The number of benzene rings is 1. The van der Waals surface area contributed by atoms with E-state index in [0.717, 1.165) is 6.54 Å². The Morgan fingerprint density at radius 1 is 1.17 bits per heavy atom. The predicted molar refractivity (Wildman–Crippen MR) is 74.4 cm³/mol. The molecular formula is C15H24FNO. The molecule has 102 valence electrons. The summed E-state index contributed by atoms with van der Waals surface area (Å²) in [7, 11) is 0. The molecule has 0 aromatic heterocycles. The second-order valence-electron chi connectivity index (χ2n) is 5.53. The minimum absolute atomic E-state index is 0.249. The van der Waals surface area contributed by atoms with Gasteiger partial charge in [0.15, 0.2) is 0 Å². The fraction of sp³-hybridized carbons (Fsp3) is 0.600. The highest BCUT2D eigenvalue weighted by atomic mass is 19.1. The zero-order valence-electron chi connectivity index (χ0n) is 11.9. The first-order valence-corrected chi connectivity index (χ1v) is 6.57. The fourth-order valence-corrected chi connectivity index (χ4v) is 2.00. The van der Waals surface area contributed by atoms with E-state index in [1.807, 2.05) is 0 Å². The highest BCUT2D eigenvalue weighted by molar-refractivity contribution is 5.50. The van der Waals surface area contributed by atoms with Crippen molar-refractivity contribution in [3.05, 3.63) is 29.6 Å². The van der Waals surface area contributed by atoms with Crippen molar-refractivity contribution in [1.29, 1.82) is 0 Å². The van der Waals surface area contributed by atoms with Crippen LogP contribution < -0.4 is 4.90 Å². The smallest absolute Gasteiger partial charge is 0.146 e. The highest BCUT2D eigenvalue weighted by Crippen LogP contribution is 2.25. The third-order valence-corrected chi connectivity index (χ3v) is 2.95. The molecule has 0 aliphatic carbocycles. The van der Waals surface area contributed by atoms with Crippen molar-refractivity contribution >= 4 is 5.69 Å². The van der Waals surface area contributed by atoms with Gasteiger partial charge in [0.25, 0.3) is 0 Å². The quantitative estimate of drug-likeness (QED) is 0.864. The molecule has 0 aliphatic heterocycles. The zero-order valence-corrected chi connectivity index (χ0v) is 11.9. The zero-order chi connectivity index (χ0) is 13.9. The molecule has 1 N–H and O–H groups in total. The maximum atomic E-state index is 14.1. The van der Waals surface area contributed by atoms with Crippen LogP contribution in [0.3, 0.4) is 0 Å². The van der Waals surface area contributed by atoms with Crippen molar-refractivity contribution in [2.75, 3.05) is 11.4 Å². The standard InChI is InChI=1S/C15H24FNO/c1-10(2)9-17(11(3)4)15-7-6-13(12(5)18)8-14(15)16/h6-8,10-12,18H,9H2,1-5H3/t12-/m0/s1. The van der Waals surface area contributed by atoms with E-state index < -0.39 is 6.10 Å². The summed E-state index contributed by atoms with van der Waals surface area (Å²) in [4.78, 5) is 2.06. The van der Waals surface area contributed by atoms with E-state index >= 15 is 0 Å². The molecule has 3 heteroatoms. The Kier molecular flexibility index (Phi) is 5.15. The number of hydrogen-bond acceptors (Lipinski definition) is 2. The van der Waals surface area contributed by atoms with Crippen LogP contribution in [-0.4, -0.2) is 17.7 Å². The average molecular weight is 253 g/mol. The molecule has 0 unspecified atom stereocenters. The lowest BCUT2D eigenvalue weighted by Gasteiger charge is -2.31. The minimum atomic E-state index is -0.633. The van der Waals surface area contributed by atoms with Gasteiger partial charge in [-0.15, -0.1) is 0 Å². The number of aliphatic hydroxyl groups excluding tert-OH is 1. The first-order chi connectivity index (χ1) is 8.32. The van der Waals surface area contributed by atoms with E-state index in [1.165, 1.54) is 6.07 Å². The number of halogens is 1. The lowest BCUT2D eigenvalue weighted by molar-refractivity contribution is 0.199. The molecule has 0 fully saturated rings. The number of anilines is 1. The first-order valence-electron chi connectivity index (χ1n) is 6.57. The molecule has 1 atom stereocenters. The summed E-state index contributed by atoms with van der Waals surface area (Å²) in [6, 6.07) is 5.23. The van der Waals surface area contributed by atoms with Gasteiger partial charge in [-0.25, -0.2) is 4.39 Å². The topological polar surface area (TPSA) is 23.5 Å². The van der Waals surface area contributed by atoms with Gasteiger partial charge in [-0.3, -0.25) is 0 Å². The third kappa shape index (κ3) is 3.70. The van der Waals surface area contributed by atoms with Crippen LogP contribution in [0.15, 0.2) is 18.2 Å². The Morgan fingerprint density at radius 2 is 1.78 bits per heavy atom. The maximum Gasteiger partial charge on any atom is 0.146 e. The van der Waals surface area contributed by atoms with Crippen molar-refractivity contribution < 1.29 is 9.50 Å². The third-order valence-electron chi connectivity index (χ3n) is 2.95. The van der Waals surface area contributed by atoms with Crippen LogP contribution in [0.5, 0.6) is 0 Å². The van der Waals surface area contributed by atoms with Crippen molar-refractivity contribution in [3.63, 3.8) is 0 Å². The molecule has 0 heterocycles. The summed E-state index contributed by atoms with van der Waals surface area (Å²) in [6.45, 7) is 10.8. The molecule has 1 aromatic carbocycles. The van der Waals surface area contributed by atoms with E-state index in [0.29, 0.717) is 17.2 Å². The monoisotopic (exact) mass is 253 g/mol. The van der Waals surface area contributed by atoms with Crippen LogP contribution in [0.1, 0.15) is 46.3 Å². The van der Waals surface area contributed by atoms with Gasteiger partial charge in [-0.1, -0.05) is 19.9 Å². The molecule has 0 amide bonds. The van der Waals surface area contributed by atoms with Gasteiger partial charge in [-0.2, -0.15) is 0 Å². The molecule has 18 heavy (non-hydrogen) atoms. The Balaban J connectivity index is 3.05. The van der Waals surface area contributed by atoms with Crippen LogP contribution in [0.4, 0.5) is 10.1 Å². The number of nitrogens with zero attached hydrogens (tertiary/aromatic N) is 1. The van der Waals surface area contributed by atoms with Gasteiger partial charge in [0, 0.05) is 12.6 Å². The SMILES string of the molecule is CC(C)CN(c1ccc([C@H](C)O)cc1F)C(C)C. The van der Waals surface area contributed by atoms with Crippen molar-refractivity contribution in [2.24, 2.45) is 5.92 Å². The molecular weight excluding hydrogens is 229 g/mol.